The number of rotatable bonds is 7. The molecule has 1 rings (SSSR count). The lowest BCUT2D eigenvalue weighted by molar-refractivity contribution is -0.113. The van der Waals surface area contributed by atoms with E-state index in [4.69, 9.17) is 10.5 Å². The van der Waals surface area contributed by atoms with Gasteiger partial charge in [0.05, 0.1) is 18.3 Å². The molecule has 3 unspecified atom stereocenters. The molecule has 1 aliphatic rings. The first-order valence-electron chi connectivity index (χ1n) is 7.35. The van der Waals surface area contributed by atoms with E-state index in [-0.39, 0.29) is 30.7 Å². The average molecular weight is 274 g/mol. The van der Waals surface area contributed by atoms with Crippen LogP contribution in [0.1, 0.15) is 46.5 Å². The minimum Gasteiger partial charge on any atom is -0.389 e. The van der Waals surface area contributed by atoms with Gasteiger partial charge in [0.15, 0.2) is 0 Å². The molecule has 1 aliphatic carbocycles. The highest BCUT2D eigenvalue weighted by Gasteiger charge is 2.38. The second-order valence-electron chi connectivity index (χ2n) is 6.17. The van der Waals surface area contributed by atoms with Gasteiger partial charge in [-0.2, -0.15) is 0 Å². The third-order valence-corrected chi connectivity index (χ3v) is 4.03. The standard InChI is InChI=1S/C14H30N2O3/c1-10(2)13(18)16-12-6-4-5-7-14(12,3)19-9-11(17)8-15/h10-13,16-18H,4-9,15H2,1-3H3/t11?,12-,13?,14?/m1/s1. The fourth-order valence-corrected chi connectivity index (χ4v) is 2.49. The highest BCUT2D eigenvalue weighted by Crippen LogP contribution is 2.32. The van der Waals surface area contributed by atoms with Gasteiger partial charge in [-0.1, -0.05) is 26.7 Å². The minimum absolute atomic E-state index is 0.114. The van der Waals surface area contributed by atoms with Gasteiger partial charge < -0.3 is 20.7 Å². The predicted octanol–water partition coefficient (Wildman–Crippen LogP) is 0.588. The zero-order valence-corrected chi connectivity index (χ0v) is 12.4. The van der Waals surface area contributed by atoms with Crippen molar-refractivity contribution in [1.82, 2.24) is 5.32 Å². The molecule has 19 heavy (non-hydrogen) atoms. The summed E-state index contributed by atoms with van der Waals surface area (Å²) in [4.78, 5) is 0. The minimum atomic E-state index is -0.616. The third kappa shape index (κ3) is 5.00. The lowest BCUT2D eigenvalue weighted by Crippen LogP contribution is -2.57. The Kier molecular flexibility index (Phi) is 6.69. The van der Waals surface area contributed by atoms with E-state index in [0.29, 0.717) is 0 Å². The van der Waals surface area contributed by atoms with Gasteiger partial charge in [-0.25, -0.2) is 0 Å². The molecule has 1 saturated carbocycles. The van der Waals surface area contributed by atoms with Crippen LogP contribution in [0.2, 0.25) is 0 Å². The highest BCUT2D eigenvalue weighted by atomic mass is 16.5. The molecule has 0 bridgehead atoms. The summed E-state index contributed by atoms with van der Waals surface area (Å²) in [7, 11) is 0. The molecule has 0 radical (unpaired) electrons. The summed E-state index contributed by atoms with van der Waals surface area (Å²) in [6, 6.07) is 0.114. The van der Waals surface area contributed by atoms with Crippen LogP contribution in [0.5, 0.6) is 0 Å². The Morgan fingerprint density at radius 3 is 2.63 bits per heavy atom. The van der Waals surface area contributed by atoms with E-state index in [2.05, 4.69) is 12.2 Å². The summed E-state index contributed by atoms with van der Waals surface area (Å²) < 4.78 is 5.91. The first-order valence-corrected chi connectivity index (χ1v) is 7.35. The quantitative estimate of drug-likeness (QED) is 0.510. The van der Waals surface area contributed by atoms with Crippen LogP contribution in [0, 0.1) is 5.92 Å². The molecule has 4 atom stereocenters. The molecule has 0 amide bonds. The summed E-state index contributed by atoms with van der Waals surface area (Å²) in [6.07, 6.45) is 3.04. The van der Waals surface area contributed by atoms with Gasteiger partial charge in [-0.05, 0) is 25.7 Å². The van der Waals surface area contributed by atoms with Crippen molar-refractivity contribution in [3.05, 3.63) is 0 Å². The van der Waals surface area contributed by atoms with E-state index >= 15 is 0 Å². The summed E-state index contributed by atoms with van der Waals surface area (Å²) in [6.45, 7) is 6.49. The molecule has 5 N–H and O–H groups in total. The zero-order valence-electron chi connectivity index (χ0n) is 12.4. The Balaban J connectivity index is 2.59. The summed E-state index contributed by atoms with van der Waals surface area (Å²) >= 11 is 0. The molecular formula is C14H30N2O3. The number of hydrogen-bond acceptors (Lipinski definition) is 5. The van der Waals surface area contributed by atoms with Crippen molar-refractivity contribution in [3.8, 4) is 0 Å². The number of aliphatic hydroxyl groups excluding tert-OH is 2. The predicted molar refractivity (Wildman–Crippen MR) is 75.7 cm³/mol. The fraction of sp³-hybridized carbons (Fsp3) is 1.00. The maximum Gasteiger partial charge on any atom is 0.107 e. The zero-order chi connectivity index (χ0) is 14.5. The van der Waals surface area contributed by atoms with Crippen LogP contribution < -0.4 is 11.1 Å². The number of nitrogens with two attached hydrogens (primary N) is 1. The van der Waals surface area contributed by atoms with Crippen LogP contribution >= 0.6 is 0 Å². The second-order valence-corrected chi connectivity index (χ2v) is 6.17. The Morgan fingerprint density at radius 1 is 1.37 bits per heavy atom. The molecule has 114 valence electrons. The van der Waals surface area contributed by atoms with E-state index in [0.717, 1.165) is 25.7 Å². The molecule has 5 nitrogen and oxygen atoms in total. The number of nitrogens with one attached hydrogen (secondary N) is 1. The molecule has 5 heteroatoms. The maximum absolute atomic E-state index is 10.00. The van der Waals surface area contributed by atoms with Crippen molar-refractivity contribution in [2.75, 3.05) is 13.2 Å². The highest BCUT2D eigenvalue weighted by molar-refractivity contribution is 4.94. The van der Waals surface area contributed by atoms with Gasteiger partial charge in [0.25, 0.3) is 0 Å². The topological polar surface area (TPSA) is 87.7 Å². The van der Waals surface area contributed by atoms with Crippen molar-refractivity contribution in [2.24, 2.45) is 11.7 Å². The summed E-state index contributed by atoms with van der Waals surface area (Å²) in [5, 5.41) is 22.8. The van der Waals surface area contributed by atoms with E-state index in [1.54, 1.807) is 0 Å². The summed E-state index contributed by atoms with van der Waals surface area (Å²) in [5.41, 5.74) is 5.06. The number of ether oxygens (including phenoxy) is 1. The Bertz CT molecular complexity index is 263. The Hall–Kier alpha value is -0.200. The number of aliphatic hydroxyl groups is 2. The fourth-order valence-electron chi connectivity index (χ4n) is 2.49. The van der Waals surface area contributed by atoms with Crippen molar-refractivity contribution in [2.45, 2.75) is 70.4 Å². The largest absolute Gasteiger partial charge is 0.389 e. The third-order valence-electron chi connectivity index (χ3n) is 4.03. The van der Waals surface area contributed by atoms with Crippen molar-refractivity contribution in [1.29, 1.82) is 0 Å². The van der Waals surface area contributed by atoms with Crippen LogP contribution in [0.25, 0.3) is 0 Å². The Morgan fingerprint density at radius 2 is 2.05 bits per heavy atom. The van der Waals surface area contributed by atoms with Crippen LogP contribution in [0.4, 0.5) is 0 Å². The first-order chi connectivity index (χ1) is 8.89. The molecule has 0 aromatic rings. The normalized spacial score (nSPS) is 31.4. The SMILES string of the molecule is CC(C)C(O)N[C@@H]1CCCCC1(C)OCC(O)CN. The van der Waals surface area contributed by atoms with Gasteiger partial charge in [-0.3, -0.25) is 5.32 Å². The van der Waals surface area contributed by atoms with Gasteiger partial charge in [0.1, 0.15) is 6.23 Å². The maximum atomic E-state index is 10.00. The van der Waals surface area contributed by atoms with Gasteiger partial charge >= 0.3 is 0 Å². The monoisotopic (exact) mass is 274 g/mol. The van der Waals surface area contributed by atoms with Crippen molar-refractivity contribution < 1.29 is 14.9 Å². The molecule has 0 aromatic heterocycles. The Labute approximate surface area is 116 Å². The van der Waals surface area contributed by atoms with Crippen LogP contribution in [-0.2, 0) is 4.74 Å². The van der Waals surface area contributed by atoms with Crippen LogP contribution in [0.3, 0.4) is 0 Å². The van der Waals surface area contributed by atoms with E-state index in [9.17, 15) is 10.2 Å². The average Bonchev–Trinajstić information content (AvgIpc) is 2.38. The molecule has 0 aliphatic heterocycles. The number of hydrogen-bond donors (Lipinski definition) is 4. The van der Waals surface area contributed by atoms with E-state index in [1.165, 1.54) is 0 Å². The van der Waals surface area contributed by atoms with Crippen molar-refractivity contribution >= 4 is 0 Å². The lowest BCUT2D eigenvalue weighted by atomic mass is 9.81. The molecule has 0 spiro atoms. The van der Waals surface area contributed by atoms with Gasteiger partial charge in [0.2, 0.25) is 0 Å². The molecule has 1 fully saturated rings. The van der Waals surface area contributed by atoms with Gasteiger partial charge in [-0.15, -0.1) is 0 Å². The molecule has 0 heterocycles. The second kappa shape index (κ2) is 7.55. The van der Waals surface area contributed by atoms with Crippen LogP contribution in [0.15, 0.2) is 0 Å². The van der Waals surface area contributed by atoms with Crippen molar-refractivity contribution in [3.63, 3.8) is 0 Å². The van der Waals surface area contributed by atoms with Crippen LogP contribution in [-0.4, -0.2) is 47.3 Å². The summed E-state index contributed by atoms with van der Waals surface area (Å²) in [5.74, 6) is 0.167. The molecular weight excluding hydrogens is 244 g/mol. The van der Waals surface area contributed by atoms with E-state index in [1.807, 2.05) is 13.8 Å². The first kappa shape index (κ1) is 16.9. The van der Waals surface area contributed by atoms with E-state index < -0.39 is 12.3 Å². The smallest absolute Gasteiger partial charge is 0.107 e. The molecule has 0 aromatic carbocycles. The lowest BCUT2D eigenvalue weighted by Gasteiger charge is -2.43. The van der Waals surface area contributed by atoms with Gasteiger partial charge in [0, 0.05) is 12.6 Å². The molecule has 0 saturated heterocycles.